The van der Waals surface area contributed by atoms with E-state index in [0.29, 0.717) is 24.5 Å². The van der Waals surface area contributed by atoms with Crippen LogP contribution in [0.25, 0.3) is 11.0 Å². The van der Waals surface area contributed by atoms with E-state index in [9.17, 15) is 34.8 Å². The highest BCUT2D eigenvalue weighted by atomic mass is 35.5. The first kappa shape index (κ1) is 51.6. The summed E-state index contributed by atoms with van der Waals surface area (Å²) >= 11 is 0. The Morgan fingerprint density at radius 3 is 2.33 bits per heavy atom. The van der Waals surface area contributed by atoms with E-state index in [1.165, 1.54) is 25.3 Å². The van der Waals surface area contributed by atoms with Gasteiger partial charge in [-0.05, 0) is 68.5 Å². The van der Waals surface area contributed by atoms with Crippen molar-refractivity contribution in [2.45, 2.75) is 101 Å². The monoisotopic (exact) mass is 988 g/mol. The van der Waals surface area contributed by atoms with E-state index >= 15 is 0 Å². The summed E-state index contributed by atoms with van der Waals surface area (Å²) in [6, 6.07) is 9.55. The first-order valence-electron chi connectivity index (χ1n) is 22.5. The molecule has 10 N–H and O–H groups in total. The molecule has 70 heavy (non-hydrogen) atoms. The molecule has 20 nitrogen and oxygen atoms in total. The molecule has 0 amide bonds. The molecule has 0 spiro atoms. The number of fused-ring (bicyclic) bond motifs is 4. The summed E-state index contributed by atoms with van der Waals surface area (Å²) < 4.78 is 40.2. The van der Waals surface area contributed by atoms with Crippen molar-refractivity contribution in [1.82, 2.24) is 15.0 Å². The number of nitrogen functional groups attached to an aromatic ring is 2. The lowest BCUT2D eigenvalue weighted by molar-refractivity contribution is -0.281. The summed E-state index contributed by atoms with van der Waals surface area (Å²) in [7, 11) is 4.62. The number of hydrogen-bond acceptors (Lipinski definition) is 20. The highest BCUT2D eigenvalue weighted by molar-refractivity contribution is 6.31. The Bertz CT molecular complexity index is 2810. The van der Waals surface area contributed by atoms with Gasteiger partial charge in [0.1, 0.15) is 52.9 Å². The number of methoxy groups -OCH3 is 3. The molecule has 7 atom stereocenters. The van der Waals surface area contributed by atoms with Crippen molar-refractivity contribution >= 4 is 52.6 Å². The summed E-state index contributed by atoms with van der Waals surface area (Å²) in [4.78, 5) is 52.8. The fraction of sp³-hybridized carbons (Fsp3) is 0.429. The summed E-state index contributed by atoms with van der Waals surface area (Å²) in [5, 5.41) is 45.0. The lowest BCUT2D eigenvalue weighted by atomic mass is 9.72. The molecule has 2 aliphatic heterocycles. The SMILES string of the molecule is COc1ccc(OC)c(Cc2cnc3nc(N)nc(N)c3c2C)c1.COc1cccc2c1C(=O)c1c(O)c3c(c(O)c1C2=O)C[C@@](O)(C(=O)CO)CC3O[C@H]1C[C@H](N)[C@H](O[C@@H]2CCCCO2)[C@H](C)O1.Cl. The van der Waals surface area contributed by atoms with Crippen LogP contribution >= 0.6 is 12.4 Å². The van der Waals surface area contributed by atoms with Crippen molar-refractivity contribution in [3.63, 3.8) is 0 Å². The molecule has 0 bridgehead atoms. The van der Waals surface area contributed by atoms with Crippen molar-refractivity contribution in [2.75, 3.05) is 46.0 Å². The van der Waals surface area contributed by atoms with Gasteiger partial charge in [-0.15, -0.1) is 12.4 Å². The first-order chi connectivity index (χ1) is 33.0. The van der Waals surface area contributed by atoms with E-state index in [0.717, 1.165) is 52.8 Å². The lowest BCUT2D eigenvalue weighted by Gasteiger charge is -2.43. The molecular formula is C49H57ClN6O14. The first-order valence-corrected chi connectivity index (χ1v) is 22.5. The molecule has 374 valence electrons. The summed E-state index contributed by atoms with van der Waals surface area (Å²) in [5.41, 5.74) is 18.1. The highest BCUT2D eigenvalue weighted by Gasteiger charge is 2.50. The molecule has 2 fully saturated rings. The van der Waals surface area contributed by atoms with Crippen molar-refractivity contribution in [3.05, 3.63) is 92.7 Å². The number of anilines is 2. The van der Waals surface area contributed by atoms with Gasteiger partial charge in [0.2, 0.25) is 11.7 Å². The van der Waals surface area contributed by atoms with Crippen LogP contribution in [0.1, 0.15) is 105 Å². The van der Waals surface area contributed by atoms with Gasteiger partial charge in [-0.1, -0.05) is 12.1 Å². The number of carbonyl (C=O) groups excluding carboxylic acids is 3. The molecule has 2 aromatic heterocycles. The number of hydrogen-bond donors (Lipinski definition) is 7. The number of phenols is 2. The minimum Gasteiger partial charge on any atom is -0.507 e. The third-order valence-electron chi connectivity index (χ3n) is 13.2. The number of nitrogens with zero attached hydrogens (tertiary/aromatic N) is 3. The molecule has 4 aliphatic rings. The number of ether oxygens (including phenoxy) is 7. The van der Waals surface area contributed by atoms with Crippen molar-refractivity contribution < 1.29 is 68.0 Å². The molecule has 2 saturated heterocycles. The lowest BCUT2D eigenvalue weighted by Crippen LogP contribution is -2.55. The number of pyridine rings is 1. The number of rotatable bonds is 11. The number of halogens is 1. The topological polar surface area (TPSA) is 313 Å². The van der Waals surface area contributed by atoms with Crippen LogP contribution in [0.15, 0.2) is 42.6 Å². The van der Waals surface area contributed by atoms with Gasteiger partial charge in [0.25, 0.3) is 0 Å². The zero-order chi connectivity index (χ0) is 49.5. The Labute approximate surface area is 408 Å². The molecule has 2 aliphatic carbocycles. The number of aryl methyl sites for hydroxylation is 1. The maximum atomic E-state index is 13.8. The second-order valence-electron chi connectivity index (χ2n) is 17.5. The normalized spacial score (nSPS) is 23.7. The number of phenolic OH excluding ortho intramolecular Hbond substituents is 2. The minimum absolute atomic E-state index is 0. The number of aromatic hydroxyl groups is 2. The van der Waals surface area contributed by atoms with E-state index in [2.05, 4.69) is 15.0 Å². The Balaban J connectivity index is 0.000000244. The van der Waals surface area contributed by atoms with Gasteiger partial charge in [0.05, 0.1) is 55.6 Å². The van der Waals surface area contributed by atoms with Crippen molar-refractivity contribution in [2.24, 2.45) is 5.73 Å². The summed E-state index contributed by atoms with van der Waals surface area (Å²) in [5.74, 6) is -1.66. The average molecular weight is 989 g/mol. The number of aliphatic hydroxyl groups excluding tert-OH is 1. The smallest absolute Gasteiger partial charge is 0.224 e. The Morgan fingerprint density at radius 1 is 0.914 bits per heavy atom. The van der Waals surface area contributed by atoms with Crippen LogP contribution in [0.5, 0.6) is 28.7 Å². The molecule has 0 saturated carbocycles. The third kappa shape index (κ3) is 9.65. The molecule has 4 heterocycles. The molecule has 21 heteroatoms. The van der Waals surface area contributed by atoms with E-state index in [1.54, 1.807) is 27.3 Å². The fourth-order valence-corrected chi connectivity index (χ4v) is 9.68. The van der Waals surface area contributed by atoms with Gasteiger partial charge in [0.15, 0.2) is 29.8 Å². The van der Waals surface area contributed by atoms with Gasteiger partial charge in [0, 0.05) is 66.8 Å². The van der Waals surface area contributed by atoms with Gasteiger partial charge in [-0.3, -0.25) is 14.4 Å². The van der Waals surface area contributed by atoms with Gasteiger partial charge in [-0.2, -0.15) is 9.97 Å². The minimum atomic E-state index is -2.24. The number of ketones is 3. The molecular weight excluding hydrogens is 932 g/mol. The Kier molecular flexibility index (Phi) is 15.5. The van der Waals surface area contributed by atoms with Crippen LogP contribution in [-0.4, -0.2) is 124 Å². The van der Waals surface area contributed by atoms with Crippen LogP contribution < -0.4 is 31.4 Å². The maximum Gasteiger partial charge on any atom is 0.224 e. The number of aromatic nitrogens is 3. The predicted octanol–water partition coefficient (Wildman–Crippen LogP) is 4.08. The number of carbonyl (C=O) groups is 3. The maximum absolute atomic E-state index is 13.8. The average Bonchev–Trinajstić information content (AvgIpc) is 3.33. The van der Waals surface area contributed by atoms with Gasteiger partial charge in [-0.25, -0.2) is 4.98 Å². The predicted molar refractivity (Wildman–Crippen MR) is 255 cm³/mol. The molecule has 9 rings (SSSR count). The zero-order valence-electron chi connectivity index (χ0n) is 39.2. The number of nitrogens with two attached hydrogens (primary N) is 3. The van der Waals surface area contributed by atoms with E-state index in [4.69, 9.17) is 50.4 Å². The van der Waals surface area contributed by atoms with Crippen molar-refractivity contribution in [1.29, 1.82) is 0 Å². The number of aliphatic hydroxyl groups is 2. The molecule has 0 radical (unpaired) electrons. The summed E-state index contributed by atoms with van der Waals surface area (Å²) in [6.07, 6.45) is 0.372. The number of benzene rings is 3. The standard InChI is InChI=1S/C32H37NO12.C17H19N5O2.ClH/c1-14-31(45-21-8-3-4-9-42-21)17(33)10-22(43-14)44-19-12-32(40,20(35)13-34)11-16-24(19)30(39)26-25(28(16)37)27(36)15-6-5-7-18(41-2)23(15)29(26)38;1-9-11(6-10-7-12(23-2)4-5-13(10)24-3)8-20-16-14(9)15(18)21-17(19)22-16;/h5-7,14,17,19,21-22,31,34,37,39-40H,3-4,8-13,33H2,1-2H3;4-5,7-8H,6H2,1-3H3,(H4,18,19,20,21,22);1H/t14-,17-,19?,21+,22-,31+,32-;;/m0../s1. The van der Waals surface area contributed by atoms with Gasteiger partial charge < -0.3 is 70.8 Å². The fourth-order valence-electron chi connectivity index (χ4n) is 9.68. The second kappa shape index (κ2) is 21.0. The molecule has 1 unspecified atom stereocenters. The second-order valence-corrected chi connectivity index (χ2v) is 17.5. The van der Waals surface area contributed by atoms with Crippen LogP contribution in [0, 0.1) is 6.92 Å². The Morgan fingerprint density at radius 2 is 1.66 bits per heavy atom. The molecule has 3 aromatic carbocycles. The van der Waals surface area contributed by atoms with E-state index < -0.39 is 102 Å². The third-order valence-corrected chi connectivity index (χ3v) is 13.2. The quantitative estimate of drug-likeness (QED) is 0.0899. The highest BCUT2D eigenvalue weighted by Crippen LogP contribution is 2.52. The van der Waals surface area contributed by atoms with Crippen LogP contribution in [0.2, 0.25) is 0 Å². The number of Topliss-reactive ketones (excluding diaryl/α,β-unsaturated/α-hetero) is 1. The largest absolute Gasteiger partial charge is 0.507 e. The van der Waals surface area contributed by atoms with Crippen molar-refractivity contribution in [3.8, 4) is 28.7 Å². The summed E-state index contributed by atoms with van der Waals surface area (Å²) in [6.45, 7) is 3.32. The zero-order valence-corrected chi connectivity index (χ0v) is 40.0. The van der Waals surface area contributed by atoms with Crippen LogP contribution in [0.3, 0.4) is 0 Å². The van der Waals surface area contributed by atoms with Gasteiger partial charge >= 0.3 is 0 Å². The van der Waals surface area contributed by atoms with E-state index in [1.807, 2.05) is 25.1 Å². The Hall–Kier alpha value is -6.23. The molecule has 5 aromatic rings. The van der Waals surface area contributed by atoms with Crippen LogP contribution in [0.4, 0.5) is 11.8 Å². The van der Waals surface area contributed by atoms with Crippen LogP contribution in [-0.2, 0) is 36.6 Å². The van der Waals surface area contributed by atoms with E-state index in [-0.39, 0.29) is 52.8 Å².